The molecule has 0 spiro atoms. The normalized spacial score (nSPS) is 12.3. The Labute approximate surface area is 545 Å². The van der Waals surface area contributed by atoms with E-state index in [0.29, 0.717) is 0 Å². The van der Waals surface area contributed by atoms with Crippen LogP contribution in [0, 0.1) is 0 Å². The maximum Gasteiger partial charge on any atom is 4.00 e. The van der Waals surface area contributed by atoms with Gasteiger partial charge in [0.05, 0.1) is 24.4 Å². The van der Waals surface area contributed by atoms with E-state index in [4.69, 9.17) is 0 Å². The fourth-order valence-corrected chi connectivity index (χ4v) is 10.6. The maximum atomic E-state index is 10.2. The van der Waals surface area contributed by atoms with Gasteiger partial charge in [-0.2, -0.15) is 0 Å². The number of aliphatic carboxylic acids is 4. The summed E-state index contributed by atoms with van der Waals surface area (Å²) in [6.45, 7) is 8.83. The molecular formula is C72H140O12Pb. The first-order valence-corrected chi connectivity index (χ1v) is 36.2. The molecule has 0 rings (SSSR count). The van der Waals surface area contributed by atoms with Crippen LogP contribution >= 0.6 is 0 Å². The van der Waals surface area contributed by atoms with Crippen molar-refractivity contribution in [3.63, 3.8) is 0 Å². The molecule has 0 amide bonds. The van der Waals surface area contributed by atoms with Crippen LogP contribution in [0.4, 0.5) is 0 Å². The Kier molecular flexibility index (Phi) is 87.6. The second-order valence-corrected chi connectivity index (χ2v) is 25.0. The van der Waals surface area contributed by atoms with Gasteiger partial charge in [0, 0.05) is 23.9 Å². The summed E-state index contributed by atoms with van der Waals surface area (Å²) in [6, 6.07) is 0. The van der Waals surface area contributed by atoms with Gasteiger partial charge in [-0.3, -0.25) is 0 Å². The number of unbranched alkanes of at least 4 members (excludes halogenated alkanes) is 40. The van der Waals surface area contributed by atoms with E-state index >= 15 is 0 Å². The minimum atomic E-state index is -0.928. The van der Waals surface area contributed by atoms with Crippen molar-refractivity contribution < 1.29 is 60.0 Å². The van der Waals surface area contributed by atoms with Crippen LogP contribution in [-0.2, 0) is 19.2 Å². The van der Waals surface area contributed by atoms with Gasteiger partial charge in [-0.05, 0) is 103 Å². The van der Waals surface area contributed by atoms with Crippen molar-refractivity contribution >= 4 is 51.2 Å². The van der Waals surface area contributed by atoms with Gasteiger partial charge in [0.25, 0.3) is 0 Å². The molecule has 13 heteroatoms. The maximum absolute atomic E-state index is 10.2. The van der Waals surface area contributed by atoms with Crippen LogP contribution in [0.1, 0.15) is 413 Å². The van der Waals surface area contributed by atoms with Gasteiger partial charge in [0.1, 0.15) is 0 Å². The van der Waals surface area contributed by atoms with Gasteiger partial charge in [0.2, 0.25) is 0 Å². The molecule has 0 aromatic heterocycles. The van der Waals surface area contributed by atoms with Crippen LogP contribution in [0.15, 0.2) is 0 Å². The van der Waals surface area contributed by atoms with Crippen molar-refractivity contribution in [3.8, 4) is 0 Å². The van der Waals surface area contributed by atoms with E-state index in [1.54, 1.807) is 0 Å². The summed E-state index contributed by atoms with van der Waals surface area (Å²) in [6.07, 6.45) is 63.7. The number of hydrogen-bond donors (Lipinski definition) is 4. The topological polar surface area (TPSA) is 241 Å². The molecule has 0 bridgehead atoms. The Morgan fingerprint density at radius 3 is 0.435 bits per heavy atom. The smallest absolute Gasteiger partial charge is 0.550 e. The molecule has 0 aromatic rings. The van der Waals surface area contributed by atoms with Gasteiger partial charge in [-0.1, -0.05) is 310 Å². The molecule has 4 unspecified atom stereocenters. The fraction of sp³-hybridized carbons (Fsp3) is 0.944. The zero-order valence-electron chi connectivity index (χ0n) is 56.3. The Bertz CT molecular complexity index is 1110. The van der Waals surface area contributed by atoms with Crippen molar-refractivity contribution in [2.75, 3.05) is 0 Å². The number of aliphatic hydroxyl groups excluding tert-OH is 4. The average molecular weight is 1410 g/mol. The summed E-state index contributed by atoms with van der Waals surface area (Å²) in [7, 11) is 0. The van der Waals surface area contributed by atoms with Crippen molar-refractivity contribution in [3.05, 3.63) is 0 Å². The SMILES string of the molecule is CCCCCCC(O)CCCCCCCCCCC(=O)[O-].CCCCCCC(O)CCCCCCCCCCC(=O)[O-].CCCCCCC(O)CCCCCCCCCCC(=O)[O-].CCCCCCC(O)CCCCCCCCCCC(=O)[O-].[Pb+4]. The Balaban J connectivity index is -0.000000333. The second-order valence-electron chi connectivity index (χ2n) is 25.0. The molecule has 0 aromatic carbocycles. The van der Waals surface area contributed by atoms with Crippen LogP contribution in [0.3, 0.4) is 0 Å². The molecule has 0 saturated heterocycles. The number of carboxylic acid groups (broad SMARTS) is 4. The van der Waals surface area contributed by atoms with Crippen molar-refractivity contribution in [1.29, 1.82) is 0 Å². The molecular weight excluding hydrogens is 1260 g/mol. The van der Waals surface area contributed by atoms with Crippen LogP contribution in [0.5, 0.6) is 0 Å². The summed E-state index contributed by atoms with van der Waals surface area (Å²) in [4.78, 5) is 40.9. The summed E-state index contributed by atoms with van der Waals surface area (Å²) < 4.78 is 0. The van der Waals surface area contributed by atoms with Gasteiger partial charge in [0.15, 0.2) is 0 Å². The van der Waals surface area contributed by atoms with E-state index in [1.165, 1.54) is 205 Å². The van der Waals surface area contributed by atoms with Crippen LogP contribution in [-0.4, -0.2) is 96.0 Å². The largest absolute Gasteiger partial charge is 4.00 e. The third kappa shape index (κ3) is 96.5. The Morgan fingerprint density at radius 2 is 0.318 bits per heavy atom. The van der Waals surface area contributed by atoms with Crippen molar-refractivity contribution in [2.24, 2.45) is 0 Å². The van der Waals surface area contributed by atoms with Crippen molar-refractivity contribution in [1.82, 2.24) is 0 Å². The number of rotatable bonds is 64. The molecule has 0 aliphatic carbocycles. The van der Waals surface area contributed by atoms with Gasteiger partial charge < -0.3 is 60.0 Å². The molecule has 0 heterocycles. The van der Waals surface area contributed by atoms with E-state index < -0.39 is 23.9 Å². The predicted molar refractivity (Wildman–Crippen MR) is 350 cm³/mol. The van der Waals surface area contributed by atoms with E-state index in [-0.39, 0.29) is 77.4 Å². The third-order valence-electron chi connectivity index (χ3n) is 16.2. The first-order chi connectivity index (χ1) is 40.7. The van der Waals surface area contributed by atoms with Gasteiger partial charge in [-0.25, -0.2) is 0 Å². The first-order valence-electron chi connectivity index (χ1n) is 36.2. The minimum absolute atomic E-state index is 0. The number of carbonyl (C=O) groups excluding carboxylic acids is 4. The third-order valence-corrected chi connectivity index (χ3v) is 16.2. The van der Waals surface area contributed by atoms with Crippen LogP contribution < -0.4 is 20.4 Å². The second kappa shape index (κ2) is 80.7. The van der Waals surface area contributed by atoms with E-state index in [1.807, 2.05) is 0 Å². The number of carbonyl (C=O) groups is 4. The summed E-state index contributed by atoms with van der Waals surface area (Å²) in [5.74, 6) is -3.71. The summed E-state index contributed by atoms with van der Waals surface area (Å²) in [5, 5.41) is 80.3. The van der Waals surface area contributed by atoms with E-state index in [0.717, 1.165) is 154 Å². The van der Waals surface area contributed by atoms with Crippen molar-refractivity contribution in [2.45, 2.75) is 437 Å². The monoisotopic (exact) mass is 1410 g/mol. The van der Waals surface area contributed by atoms with Gasteiger partial charge in [-0.15, -0.1) is 0 Å². The van der Waals surface area contributed by atoms with Crippen LogP contribution in [0.25, 0.3) is 0 Å². The standard InChI is InChI=1S/4C18H36O3.Pb/c4*1-2-3-4-11-14-17(19)15-12-9-7-5-6-8-10-13-16-18(20)21;/h4*17,19H,2-16H2,1H3,(H,20,21);/q;;;;+4/p-4. The Morgan fingerprint density at radius 1 is 0.212 bits per heavy atom. The molecule has 0 radical (unpaired) electrons. The molecule has 12 nitrogen and oxygen atoms in total. The predicted octanol–water partition coefficient (Wildman–Crippen LogP) is 15.5. The molecule has 0 aliphatic rings. The Hall–Kier alpha value is -1.36. The molecule has 85 heavy (non-hydrogen) atoms. The zero-order chi connectivity index (χ0) is 63.0. The molecule has 504 valence electrons. The van der Waals surface area contributed by atoms with E-state index in [2.05, 4.69) is 27.7 Å². The average Bonchev–Trinajstić information content (AvgIpc) is 3.45. The molecule has 4 N–H and O–H groups in total. The van der Waals surface area contributed by atoms with Gasteiger partial charge >= 0.3 is 27.3 Å². The zero-order valence-corrected chi connectivity index (χ0v) is 60.2. The molecule has 0 saturated carbocycles. The number of aliphatic hydroxyl groups is 4. The molecule has 4 atom stereocenters. The fourth-order valence-electron chi connectivity index (χ4n) is 10.6. The van der Waals surface area contributed by atoms with Crippen LogP contribution in [0.2, 0.25) is 0 Å². The minimum Gasteiger partial charge on any atom is -0.550 e. The first kappa shape index (κ1) is 92.4. The summed E-state index contributed by atoms with van der Waals surface area (Å²) in [5.41, 5.74) is 0. The van der Waals surface area contributed by atoms with E-state index in [9.17, 15) is 60.0 Å². The molecule has 0 aliphatic heterocycles. The quantitative estimate of drug-likeness (QED) is 0.0328. The molecule has 0 fully saturated rings. The number of carboxylic acids is 4. The summed E-state index contributed by atoms with van der Waals surface area (Å²) >= 11 is 0. The number of hydrogen-bond acceptors (Lipinski definition) is 12.